The van der Waals surface area contributed by atoms with Crippen molar-refractivity contribution >= 4 is 24.6 Å². The summed E-state index contributed by atoms with van der Waals surface area (Å²) in [4.78, 5) is 32.3. The maximum Gasteiger partial charge on any atom is 0.470 e. The lowest BCUT2D eigenvalue weighted by atomic mass is 9.99. The molecule has 0 aliphatic carbocycles. The van der Waals surface area contributed by atoms with Crippen LogP contribution in [0.5, 0.6) is 5.75 Å². The van der Waals surface area contributed by atoms with Crippen LogP contribution in [0, 0.1) is 0 Å². The Morgan fingerprint density at radius 1 is 1.29 bits per heavy atom. The molecule has 1 aliphatic rings. The zero-order valence-electron chi connectivity index (χ0n) is 16.5. The minimum absolute atomic E-state index is 0.139. The van der Waals surface area contributed by atoms with Crippen molar-refractivity contribution in [2.75, 3.05) is 13.2 Å². The molecule has 1 aromatic carbocycles. The zero-order chi connectivity index (χ0) is 22.8. The Bertz CT molecular complexity index is 960. The van der Waals surface area contributed by atoms with Gasteiger partial charge in [-0.05, 0) is 30.2 Å². The van der Waals surface area contributed by atoms with Gasteiger partial charge in [-0.1, -0.05) is 0 Å². The summed E-state index contributed by atoms with van der Waals surface area (Å²) in [7, 11) is -5.05. The van der Waals surface area contributed by atoms with E-state index in [1.807, 2.05) is 0 Å². The predicted octanol–water partition coefficient (Wildman–Crippen LogP) is -0.858. The van der Waals surface area contributed by atoms with Gasteiger partial charge in [0.05, 0.1) is 6.61 Å². The van der Waals surface area contributed by atoms with Crippen LogP contribution in [0.25, 0.3) is 10.9 Å². The molecule has 12 nitrogen and oxygen atoms in total. The van der Waals surface area contributed by atoms with Gasteiger partial charge in [-0.2, -0.15) is 0 Å². The number of hydrogen-bond acceptors (Lipinski definition) is 8. The highest BCUT2D eigenvalue weighted by Gasteiger charge is 2.48. The summed E-state index contributed by atoms with van der Waals surface area (Å²) in [5.41, 5.74) is 1.72. The summed E-state index contributed by atoms with van der Waals surface area (Å²) in [5, 5.41) is 33.5. The Labute approximate surface area is 177 Å². The van der Waals surface area contributed by atoms with Crippen LogP contribution in [0.2, 0.25) is 0 Å². The van der Waals surface area contributed by atoms with E-state index < -0.39 is 45.1 Å². The lowest BCUT2D eigenvalue weighted by molar-refractivity contribution is -0.274. The molecule has 1 amide bonds. The first-order chi connectivity index (χ1) is 14.6. The fraction of sp³-hybridized carbons (Fsp3) is 0.500. The van der Waals surface area contributed by atoms with Gasteiger partial charge >= 0.3 is 7.82 Å². The molecule has 13 heteroatoms. The molecule has 0 saturated carbocycles. The smallest absolute Gasteiger partial charge is 0.462 e. The molecule has 5 atom stereocenters. The number of aromatic amines is 1. The van der Waals surface area contributed by atoms with Crippen molar-refractivity contribution in [2.45, 2.75) is 44.1 Å². The molecule has 1 aliphatic heterocycles. The van der Waals surface area contributed by atoms with E-state index in [-0.39, 0.29) is 11.7 Å². The maximum absolute atomic E-state index is 11.2. The van der Waals surface area contributed by atoms with Gasteiger partial charge in [0, 0.05) is 30.6 Å². The minimum atomic E-state index is -5.05. The highest BCUT2D eigenvalue weighted by Crippen LogP contribution is 2.41. The van der Waals surface area contributed by atoms with E-state index in [1.54, 1.807) is 24.4 Å². The van der Waals surface area contributed by atoms with Gasteiger partial charge in [0.2, 0.25) is 12.2 Å². The van der Waals surface area contributed by atoms with Crippen LogP contribution >= 0.6 is 7.82 Å². The number of benzene rings is 1. The molecule has 2 heterocycles. The van der Waals surface area contributed by atoms with Gasteiger partial charge in [-0.25, -0.2) is 4.57 Å². The molecule has 0 spiro atoms. The first kappa shape index (κ1) is 23.6. The number of phosphoric ester groups is 1. The summed E-state index contributed by atoms with van der Waals surface area (Å²) in [6, 6.07) is 4.98. The van der Waals surface area contributed by atoms with Crippen molar-refractivity contribution in [3.63, 3.8) is 0 Å². The van der Waals surface area contributed by atoms with Crippen LogP contribution in [-0.2, 0) is 25.0 Å². The van der Waals surface area contributed by atoms with E-state index >= 15 is 0 Å². The third-order valence-corrected chi connectivity index (χ3v) is 5.36. The number of aromatic nitrogens is 1. The van der Waals surface area contributed by atoms with Crippen molar-refractivity contribution in [3.8, 4) is 5.75 Å². The molecule has 7 N–H and O–H groups in total. The van der Waals surface area contributed by atoms with Gasteiger partial charge in [0.1, 0.15) is 30.2 Å². The van der Waals surface area contributed by atoms with Gasteiger partial charge in [0.25, 0.3) is 0 Å². The Hall–Kier alpha value is -2.02. The number of H-pyrrole nitrogens is 1. The second kappa shape index (κ2) is 9.63. The molecule has 3 rings (SSSR count). The quantitative estimate of drug-likeness (QED) is 0.244. The van der Waals surface area contributed by atoms with E-state index in [9.17, 15) is 24.7 Å². The fourth-order valence-corrected chi connectivity index (χ4v) is 3.95. The number of hydrogen-bond donors (Lipinski definition) is 7. The lowest BCUT2D eigenvalue weighted by Gasteiger charge is -2.41. The Balaban J connectivity index is 1.79. The molecule has 172 valence electrons. The van der Waals surface area contributed by atoms with Crippen LogP contribution < -0.4 is 10.1 Å². The van der Waals surface area contributed by atoms with Gasteiger partial charge in [-0.3, -0.25) is 9.32 Å². The van der Waals surface area contributed by atoms with E-state index in [0.29, 0.717) is 13.0 Å². The average molecular weight is 460 g/mol. The largest absolute Gasteiger partial charge is 0.470 e. The van der Waals surface area contributed by atoms with Crippen LogP contribution in [0.15, 0.2) is 24.4 Å². The third-order valence-electron chi connectivity index (χ3n) is 4.84. The van der Waals surface area contributed by atoms with Crippen molar-refractivity contribution in [1.29, 1.82) is 0 Å². The summed E-state index contributed by atoms with van der Waals surface area (Å²) < 4.78 is 26.7. The third kappa shape index (κ3) is 5.82. The summed E-state index contributed by atoms with van der Waals surface area (Å²) in [6.45, 7) is 1.17. The van der Waals surface area contributed by atoms with Crippen molar-refractivity contribution in [2.24, 2.45) is 0 Å². The first-order valence-corrected chi connectivity index (χ1v) is 11.0. The van der Waals surface area contributed by atoms with Crippen LogP contribution in [-0.4, -0.2) is 79.9 Å². The number of aliphatic hydroxyl groups excluding tert-OH is 3. The number of aliphatic hydroxyl groups is 3. The summed E-state index contributed by atoms with van der Waals surface area (Å²) in [6.07, 6.45) is -5.62. The second-order valence-corrected chi connectivity index (χ2v) is 8.33. The zero-order valence-corrected chi connectivity index (χ0v) is 17.4. The number of amides is 1. The van der Waals surface area contributed by atoms with Crippen LogP contribution in [0.3, 0.4) is 0 Å². The number of nitrogens with one attached hydrogen (secondary N) is 2. The minimum Gasteiger partial charge on any atom is -0.462 e. The van der Waals surface area contributed by atoms with E-state index in [0.717, 1.165) is 16.5 Å². The normalized spacial score (nSPS) is 26.7. The lowest BCUT2D eigenvalue weighted by Crippen LogP contribution is -2.60. The average Bonchev–Trinajstić information content (AvgIpc) is 3.08. The molecule has 31 heavy (non-hydrogen) atoms. The van der Waals surface area contributed by atoms with Crippen molar-refractivity contribution in [1.82, 2.24) is 10.3 Å². The standard InChI is InChI=1S/C18H25N2O10P/c1-9(22)19-5-4-10-7-20-13-3-2-11(6-12(10)13)28-18-16(24)17(30-31(25,26)27)15(23)14(8-21)29-18/h2-3,6-7,14-18,20-21,23-24H,4-5,8H2,1H3,(H,19,22)(H2,25,26,27)/t14?,15-,16?,17+,18-/m1/s1. The molecule has 2 unspecified atom stereocenters. The molecular weight excluding hydrogens is 435 g/mol. The molecule has 1 aromatic heterocycles. The number of rotatable bonds is 8. The number of carbonyl (C=O) groups is 1. The Morgan fingerprint density at radius 2 is 2.03 bits per heavy atom. The summed E-state index contributed by atoms with van der Waals surface area (Å²) in [5.74, 6) is 0.125. The molecule has 0 radical (unpaired) electrons. The maximum atomic E-state index is 11.2. The second-order valence-electron chi connectivity index (χ2n) is 7.14. The highest BCUT2D eigenvalue weighted by atomic mass is 31.2. The number of fused-ring (bicyclic) bond motifs is 1. The highest BCUT2D eigenvalue weighted by molar-refractivity contribution is 7.46. The predicted molar refractivity (Wildman–Crippen MR) is 106 cm³/mol. The van der Waals surface area contributed by atoms with Crippen molar-refractivity contribution < 1.29 is 48.5 Å². The molecule has 2 aromatic rings. The number of carbonyl (C=O) groups excluding carboxylic acids is 1. The molecular formula is C18H25N2O10P. The van der Waals surface area contributed by atoms with Gasteiger partial charge in [0.15, 0.2) is 0 Å². The van der Waals surface area contributed by atoms with Crippen LogP contribution in [0.1, 0.15) is 12.5 Å². The van der Waals surface area contributed by atoms with E-state index in [4.69, 9.17) is 19.3 Å². The number of phosphoric acid groups is 1. The molecule has 1 saturated heterocycles. The Kier molecular flexibility index (Phi) is 7.35. The first-order valence-electron chi connectivity index (χ1n) is 9.46. The SMILES string of the molecule is CC(=O)NCCc1c[nH]c2ccc(O[C@@H]3OC(CO)[C@@H](O)[C@H](OP(=O)(O)O)C3O)cc12. The van der Waals surface area contributed by atoms with Gasteiger partial charge in [-0.15, -0.1) is 0 Å². The Morgan fingerprint density at radius 3 is 2.68 bits per heavy atom. The van der Waals surface area contributed by atoms with Crippen molar-refractivity contribution in [3.05, 3.63) is 30.0 Å². The van der Waals surface area contributed by atoms with E-state index in [2.05, 4.69) is 14.8 Å². The molecule has 1 fully saturated rings. The number of ether oxygens (including phenoxy) is 2. The monoisotopic (exact) mass is 460 g/mol. The van der Waals surface area contributed by atoms with Gasteiger partial charge < -0.3 is 44.9 Å². The topological polar surface area (TPSA) is 191 Å². The fourth-order valence-electron chi connectivity index (χ4n) is 3.38. The summed E-state index contributed by atoms with van der Waals surface area (Å²) >= 11 is 0. The van der Waals surface area contributed by atoms with Crippen LogP contribution in [0.4, 0.5) is 0 Å². The van der Waals surface area contributed by atoms with E-state index in [1.165, 1.54) is 6.92 Å². The molecule has 0 bridgehead atoms.